The fourth-order valence-corrected chi connectivity index (χ4v) is 3.39. The van der Waals surface area contributed by atoms with Crippen molar-refractivity contribution in [1.29, 1.82) is 0 Å². The van der Waals surface area contributed by atoms with E-state index < -0.39 is 0 Å². The van der Waals surface area contributed by atoms with Crippen molar-refractivity contribution in [3.8, 4) is 5.75 Å². The molecule has 1 saturated carbocycles. The van der Waals surface area contributed by atoms with Gasteiger partial charge in [0.05, 0.1) is 7.11 Å². The highest BCUT2D eigenvalue weighted by Gasteiger charge is 2.26. The van der Waals surface area contributed by atoms with Crippen molar-refractivity contribution >= 4 is 5.91 Å². The number of rotatable bonds is 6. The molecule has 0 unspecified atom stereocenters. The van der Waals surface area contributed by atoms with Gasteiger partial charge in [-0.3, -0.25) is 4.79 Å². The highest BCUT2D eigenvalue weighted by molar-refractivity contribution is 5.94. The number of halogens is 1. The van der Waals surface area contributed by atoms with Crippen molar-refractivity contribution in [2.24, 2.45) is 0 Å². The maximum absolute atomic E-state index is 13.0. The SMILES string of the molecule is COc1ccc(CN[C@H]2CCCC[C@H]2NC(=O)c2ccc(F)cc2)cc1. The number of amides is 1. The van der Waals surface area contributed by atoms with Crippen LogP contribution in [0.25, 0.3) is 0 Å². The number of ether oxygens (including phenoxy) is 1. The fraction of sp³-hybridized carbons (Fsp3) is 0.381. The van der Waals surface area contributed by atoms with Crippen molar-refractivity contribution in [1.82, 2.24) is 10.6 Å². The molecule has 2 aromatic rings. The minimum absolute atomic E-state index is 0.0829. The van der Waals surface area contributed by atoms with E-state index in [4.69, 9.17) is 4.74 Å². The van der Waals surface area contributed by atoms with Gasteiger partial charge in [-0.05, 0) is 54.8 Å². The van der Waals surface area contributed by atoms with Crippen LogP contribution in [0.4, 0.5) is 4.39 Å². The van der Waals surface area contributed by atoms with E-state index in [1.165, 1.54) is 29.8 Å². The lowest BCUT2D eigenvalue weighted by Gasteiger charge is -2.33. The van der Waals surface area contributed by atoms with Crippen molar-refractivity contribution in [3.63, 3.8) is 0 Å². The van der Waals surface area contributed by atoms with Crippen LogP contribution in [0.5, 0.6) is 5.75 Å². The Kier molecular flexibility index (Phi) is 6.23. The van der Waals surface area contributed by atoms with Gasteiger partial charge in [-0.2, -0.15) is 0 Å². The first-order valence-corrected chi connectivity index (χ1v) is 9.08. The van der Waals surface area contributed by atoms with E-state index in [2.05, 4.69) is 10.6 Å². The van der Waals surface area contributed by atoms with Gasteiger partial charge in [0, 0.05) is 24.2 Å². The van der Waals surface area contributed by atoms with Gasteiger partial charge in [-0.1, -0.05) is 25.0 Å². The minimum Gasteiger partial charge on any atom is -0.497 e. The Morgan fingerprint density at radius 1 is 1.04 bits per heavy atom. The highest BCUT2D eigenvalue weighted by Crippen LogP contribution is 2.20. The first-order chi connectivity index (χ1) is 12.7. The molecule has 3 rings (SSSR count). The minimum atomic E-state index is -0.335. The Balaban J connectivity index is 1.58. The molecule has 0 radical (unpaired) electrons. The van der Waals surface area contributed by atoms with Crippen molar-refractivity contribution in [2.45, 2.75) is 44.3 Å². The van der Waals surface area contributed by atoms with Crippen molar-refractivity contribution < 1.29 is 13.9 Å². The summed E-state index contributed by atoms with van der Waals surface area (Å²) in [5.41, 5.74) is 1.67. The lowest BCUT2D eigenvalue weighted by molar-refractivity contribution is 0.0915. The number of carbonyl (C=O) groups excluding carboxylic acids is 1. The summed E-state index contributed by atoms with van der Waals surface area (Å²) < 4.78 is 18.2. The van der Waals surface area contributed by atoms with E-state index in [9.17, 15) is 9.18 Å². The zero-order valence-electron chi connectivity index (χ0n) is 15.0. The third-order valence-corrected chi connectivity index (χ3v) is 4.92. The Morgan fingerprint density at radius 2 is 1.69 bits per heavy atom. The van der Waals surface area contributed by atoms with Crippen LogP contribution in [-0.4, -0.2) is 25.1 Å². The molecule has 0 aromatic heterocycles. The molecular weight excluding hydrogens is 331 g/mol. The predicted molar refractivity (Wildman–Crippen MR) is 99.7 cm³/mol. The van der Waals surface area contributed by atoms with Crippen molar-refractivity contribution in [3.05, 3.63) is 65.5 Å². The average Bonchev–Trinajstić information content (AvgIpc) is 2.68. The number of carbonyl (C=O) groups is 1. The van der Waals surface area contributed by atoms with Gasteiger partial charge in [0.1, 0.15) is 11.6 Å². The maximum Gasteiger partial charge on any atom is 0.251 e. The van der Waals surface area contributed by atoms with Gasteiger partial charge in [-0.25, -0.2) is 4.39 Å². The summed E-state index contributed by atoms with van der Waals surface area (Å²) in [4.78, 5) is 12.4. The topological polar surface area (TPSA) is 50.4 Å². The highest BCUT2D eigenvalue weighted by atomic mass is 19.1. The molecule has 1 fully saturated rings. The third kappa shape index (κ3) is 4.82. The second kappa shape index (κ2) is 8.81. The largest absolute Gasteiger partial charge is 0.497 e. The monoisotopic (exact) mass is 356 g/mol. The summed E-state index contributed by atoms with van der Waals surface area (Å²) in [5, 5.41) is 6.69. The number of methoxy groups -OCH3 is 1. The second-order valence-corrected chi connectivity index (χ2v) is 6.71. The molecule has 0 spiro atoms. The van der Waals surface area contributed by atoms with Gasteiger partial charge < -0.3 is 15.4 Å². The van der Waals surface area contributed by atoms with E-state index >= 15 is 0 Å². The molecule has 138 valence electrons. The molecule has 0 aliphatic heterocycles. The van der Waals surface area contributed by atoms with E-state index in [1.807, 2.05) is 24.3 Å². The quantitative estimate of drug-likeness (QED) is 0.830. The molecule has 4 nitrogen and oxygen atoms in total. The molecule has 2 N–H and O–H groups in total. The van der Waals surface area contributed by atoms with E-state index in [0.29, 0.717) is 5.56 Å². The molecule has 2 aromatic carbocycles. The molecular formula is C21H25FN2O2. The number of hydrogen-bond acceptors (Lipinski definition) is 3. The van der Waals surface area contributed by atoms with Crippen LogP contribution in [0, 0.1) is 5.82 Å². The van der Waals surface area contributed by atoms with Crippen LogP contribution in [-0.2, 0) is 6.54 Å². The van der Waals surface area contributed by atoms with Crippen LogP contribution in [0.3, 0.4) is 0 Å². The Bertz CT molecular complexity index is 716. The average molecular weight is 356 g/mol. The standard InChI is InChI=1S/C21H25FN2O2/c1-26-18-12-6-15(7-13-18)14-23-19-4-2-3-5-20(19)24-21(25)16-8-10-17(22)11-9-16/h6-13,19-20,23H,2-5,14H2,1H3,(H,24,25)/t19-,20+/m0/s1. The first kappa shape index (κ1) is 18.4. The zero-order valence-corrected chi connectivity index (χ0v) is 15.0. The lowest BCUT2D eigenvalue weighted by Crippen LogP contribution is -2.51. The molecule has 2 atom stereocenters. The molecule has 1 amide bonds. The molecule has 1 aliphatic rings. The lowest BCUT2D eigenvalue weighted by atomic mass is 9.90. The third-order valence-electron chi connectivity index (χ3n) is 4.92. The summed E-state index contributed by atoms with van der Waals surface area (Å²) >= 11 is 0. The van der Waals surface area contributed by atoms with Gasteiger partial charge in [0.25, 0.3) is 5.91 Å². The molecule has 0 bridgehead atoms. The van der Waals surface area contributed by atoms with Crippen LogP contribution in [0.1, 0.15) is 41.6 Å². The Hall–Kier alpha value is -2.40. The first-order valence-electron chi connectivity index (χ1n) is 9.08. The summed E-state index contributed by atoms with van der Waals surface area (Å²) in [6.45, 7) is 0.748. The van der Waals surface area contributed by atoms with Crippen LogP contribution < -0.4 is 15.4 Å². The molecule has 0 saturated heterocycles. The summed E-state index contributed by atoms with van der Waals surface area (Å²) in [6, 6.07) is 14.0. The van der Waals surface area contributed by atoms with E-state index in [-0.39, 0.29) is 23.8 Å². The van der Waals surface area contributed by atoms with Gasteiger partial charge in [-0.15, -0.1) is 0 Å². The maximum atomic E-state index is 13.0. The molecule has 5 heteroatoms. The summed E-state index contributed by atoms with van der Waals surface area (Å²) in [6.07, 6.45) is 4.25. The zero-order chi connectivity index (χ0) is 18.4. The number of nitrogens with one attached hydrogen (secondary N) is 2. The van der Waals surface area contributed by atoms with Crippen molar-refractivity contribution in [2.75, 3.05) is 7.11 Å². The second-order valence-electron chi connectivity index (χ2n) is 6.71. The molecule has 0 heterocycles. The smallest absolute Gasteiger partial charge is 0.251 e. The van der Waals surface area contributed by atoms with E-state index in [0.717, 1.165) is 38.0 Å². The Morgan fingerprint density at radius 3 is 2.35 bits per heavy atom. The molecule has 26 heavy (non-hydrogen) atoms. The van der Waals surface area contributed by atoms with Gasteiger partial charge in [0.2, 0.25) is 0 Å². The Labute approximate surface area is 153 Å². The van der Waals surface area contributed by atoms with Crippen LogP contribution in [0.15, 0.2) is 48.5 Å². The van der Waals surface area contributed by atoms with Crippen LogP contribution >= 0.6 is 0 Å². The summed E-state index contributed by atoms with van der Waals surface area (Å²) in [7, 11) is 1.66. The van der Waals surface area contributed by atoms with Gasteiger partial charge in [0.15, 0.2) is 0 Å². The molecule has 1 aliphatic carbocycles. The predicted octanol–water partition coefficient (Wildman–Crippen LogP) is 3.67. The number of hydrogen-bond donors (Lipinski definition) is 2. The number of benzene rings is 2. The van der Waals surface area contributed by atoms with Crippen LogP contribution in [0.2, 0.25) is 0 Å². The summed E-state index contributed by atoms with van der Waals surface area (Å²) in [5.74, 6) is 0.363. The normalized spacial score (nSPS) is 19.8. The fourth-order valence-electron chi connectivity index (χ4n) is 3.39. The van der Waals surface area contributed by atoms with Gasteiger partial charge >= 0.3 is 0 Å². The van der Waals surface area contributed by atoms with E-state index in [1.54, 1.807) is 7.11 Å².